The maximum Gasteiger partial charge on any atom is 0.319 e. The van der Waals surface area contributed by atoms with Crippen LogP contribution in [0.15, 0.2) is 0 Å². The minimum absolute atomic E-state index is 0.00663. The van der Waals surface area contributed by atoms with Crippen LogP contribution in [0.3, 0.4) is 0 Å². The maximum atomic E-state index is 12.5. The quantitative estimate of drug-likeness (QED) is 0.839. The van der Waals surface area contributed by atoms with Crippen LogP contribution in [0.4, 0.5) is 4.79 Å². The van der Waals surface area contributed by atoms with Crippen molar-refractivity contribution in [1.82, 2.24) is 14.7 Å². The maximum absolute atomic E-state index is 12.5. The molecule has 0 saturated carbocycles. The van der Waals surface area contributed by atoms with Crippen molar-refractivity contribution in [3.05, 3.63) is 0 Å². The van der Waals surface area contributed by atoms with Crippen molar-refractivity contribution in [3.63, 3.8) is 0 Å². The molecule has 0 aromatic rings. The fourth-order valence-corrected chi connectivity index (χ4v) is 2.67. The van der Waals surface area contributed by atoms with Crippen LogP contribution < -0.4 is 5.73 Å². The van der Waals surface area contributed by atoms with E-state index >= 15 is 0 Å². The molecule has 3 amide bonds. The van der Waals surface area contributed by atoms with Crippen molar-refractivity contribution in [2.75, 3.05) is 46.8 Å². The van der Waals surface area contributed by atoms with E-state index in [1.807, 2.05) is 4.90 Å². The standard InChI is InChI=1S/C15H30N4O2/c1-15(2,3)10-12(11-16)13(20)18-6-8-19(9-7-18)14(21)17(4)5/h12H,6-11,16H2,1-5H3. The Kier molecular flexibility index (Phi) is 6.01. The van der Waals surface area contributed by atoms with Gasteiger partial charge < -0.3 is 20.4 Å². The number of urea groups is 1. The number of nitrogens with two attached hydrogens (primary N) is 1. The Morgan fingerprint density at radius 1 is 1.10 bits per heavy atom. The van der Waals surface area contributed by atoms with Crippen LogP contribution >= 0.6 is 0 Å². The Morgan fingerprint density at radius 3 is 1.95 bits per heavy atom. The van der Waals surface area contributed by atoms with E-state index in [0.29, 0.717) is 32.7 Å². The summed E-state index contributed by atoms with van der Waals surface area (Å²) < 4.78 is 0. The fourth-order valence-electron chi connectivity index (χ4n) is 2.67. The SMILES string of the molecule is CN(C)C(=O)N1CCN(C(=O)C(CN)CC(C)(C)C)CC1. The molecule has 0 bridgehead atoms. The first-order valence-corrected chi connectivity index (χ1v) is 7.61. The van der Waals surface area contributed by atoms with Gasteiger partial charge in [0, 0.05) is 46.8 Å². The molecule has 6 nitrogen and oxygen atoms in total. The van der Waals surface area contributed by atoms with Crippen LogP contribution in [-0.4, -0.2) is 73.5 Å². The smallest absolute Gasteiger partial charge is 0.319 e. The predicted octanol–water partition coefficient (Wildman–Crippen LogP) is 0.823. The van der Waals surface area contributed by atoms with Gasteiger partial charge in [-0.25, -0.2) is 4.79 Å². The highest BCUT2D eigenvalue weighted by Gasteiger charge is 2.30. The molecule has 1 unspecified atom stereocenters. The average molecular weight is 298 g/mol. The average Bonchev–Trinajstić information content (AvgIpc) is 2.42. The second-order valence-corrected chi connectivity index (χ2v) is 7.19. The van der Waals surface area contributed by atoms with Gasteiger partial charge in [0.05, 0.1) is 5.92 Å². The van der Waals surface area contributed by atoms with Crippen LogP contribution in [-0.2, 0) is 4.79 Å². The Hall–Kier alpha value is -1.30. The van der Waals surface area contributed by atoms with Gasteiger partial charge in [-0.1, -0.05) is 20.8 Å². The molecule has 21 heavy (non-hydrogen) atoms. The van der Waals surface area contributed by atoms with Gasteiger partial charge in [-0.3, -0.25) is 4.79 Å². The molecule has 1 rings (SSSR count). The van der Waals surface area contributed by atoms with Gasteiger partial charge >= 0.3 is 6.03 Å². The molecule has 1 saturated heterocycles. The molecule has 1 fully saturated rings. The summed E-state index contributed by atoms with van der Waals surface area (Å²) in [6.07, 6.45) is 0.791. The number of rotatable bonds is 3. The van der Waals surface area contributed by atoms with Gasteiger partial charge in [-0.05, 0) is 11.8 Å². The first kappa shape index (κ1) is 17.8. The monoisotopic (exact) mass is 298 g/mol. The van der Waals surface area contributed by atoms with Crippen LogP contribution in [0, 0.1) is 11.3 Å². The Labute approximate surface area is 128 Å². The molecule has 1 aliphatic heterocycles. The van der Waals surface area contributed by atoms with Gasteiger partial charge in [0.25, 0.3) is 0 Å². The number of hydrogen-bond donors (Lipinski definition) is 1. The molecule has 0 aliphatic carbocycles. The number of nitrogens with zero attached hydrogens (tertiary/aromatic N) is 3. The molecule has 0 aromatic heterocycles. The Balaban J connectivity index is 2.56. The van der Waals surface area contributed by atoms with Gasteiger partial charge in [0.1, 0.15) is 0 Å². The summed E-state index contributed by atoms with van der Waals surface area (Å²) in [7, 11) is 3.49. The fraction of sp³-hybridized carbons (Fsp3) is 0.867. The van der Waals surface area contributed by atoms with Crippen molar-refractivity contribution in [3.8, 4) is 0 Å². The summed E-state index contributed by atoms with van der Waals surface area (Å²) in [6, 6.07) is 0.00663. The van der Waals surface area contributed by atoms with E-state index in [1.54, 1.807) is 23.9 Å². The van der Waals surface area contributed by atoms with Crippen molar-refractivity contribution in [1.29, 1.82) is 0 Å². The Morgan fingerprint density at radius 2 is 1.57 bits per heavy atom. The van der Waals surface area contributed by atoms with Gasteiger partial charge in [-0.15, -0.1) is 0 Å². The van der Waals surface area contributed by atoms with E-state index < -0.39 is 0 Å². The zero-order valence-electron chi connectivity index (χ0n) is 14.1. The summed E-state index contributed by atoms with van der Waals surface area (Å²) in [5, 5.41) is 0. The van der Waals surface area contributed by atoms with E-state index in [4.69, 9.17) is 5.73 Å². The number of piperazine rings is 1. The topological polar surface area (TPSA) is 69.9 Å². The summed E-state index contributed by atoms with van der Waals surface area (Å²) in [6.45, 7) is 9.13. The molecule has 0 spiro atoms. The normalized spacial score (nSPS) is 17.6. The molecule has 2 N–H and O–H groups in total. The van der Waals surface area contributed by atoms with Crippen LogP contribution in [0.25, 0.3) is 0 Å². The predicted molar refractivity (Wildman–Crippen MR) is 83.9 cm³/mol. The first-order chi connectivity index (χ1) is 9.65. The molecule has 1 heterocycles. The third kappa shape index (κ3) is 5.19. The highest BCUT2D eigenvalue weighted by molar-refractivity contribution is 5.80. The lowest BCUT2D eigenvalue weighted by atomic mass is 9.84. The lowest BCUT2D eigenvalue weighted by Crippen LogP contribution is -2.54. The molecule has 1 atom stereocenters. The van der Waals surface area contributed by atoms with Crippen molar-refractivity contribution >= 4 is 11.9 Å². The van der Waals surface area contributed by atoms with Crippen LogP contribution in [0.1, 0.15) is 27.2 Å². The molecule has 0 radical (unpaired) electrons. The van der Waals surface area contributed by atoms with Crippen molar-refractivity contribution in [2.24, 2.45) is 17.1 Å². The molecule has 0 aromatic carbocycles. The van der Waals surface area contributed by atoms with Crippen molar-refractivity contribution in [2.45, 2.75) is 27.2 Å². The molecule has 6 heteroatoms. The van der Waals surface area contributed by atoms with E-state index in [-0.39, 0.29) is 23.3 Å². The van der Waals surface area contributed by atoms with E-state index in [0.717, 1.165) is 6.42 Å². The lowest BCUT2D eigenvalue weighted by molar-refractivity contribution is -0.137. The summed E-state index contributed by atoms with van der Waals surface area (Å²) in [4.78, 5) is 29.6. The van der Waals surface area contributed by atoms with Crippen LogP contribution in [0.2, 0.25) is 0 Å². The van der Waals surface area contributed by atoms with Crippen LogP contribution in [0.5, 0.6) is 0 Å². The van der Waals surface area contributed by atoms with E-state index in [2.05, 4.69) is 20.8 Å². The molecule has 122 valence electrons. The molecular formula is C15H30N4O2. The number of hydrogen-bond acceptors (Lipinski definition) is 3. The molecular weight excluding hydrogens is 268 g/mol. The minimum atomic E-state index is -0.124. The summed E-state index contributed by atoms with van der Waals surface area (Å²) in [5.41, 5.74) is 5.87. The summed E-state index contributed by atoms with van der Waals surface area (Å²) in [5.74, 6) is 0.00507. The highest BCUT2D eigenvalue weighted by atomic mass is 16.2. The molecule has 1 aliphatic rings. The lowest BCUT2D eigenvalue weighted by Gasteiger charge is -2.38. The minimum Gasteiger partial charge on any atom is -0.339 e. The largest absolute Gasteiger partial charge is 0.339 e. The Bertz CT molecular complexity index is 368. The van der Waals surface area contributed by atoms with E-state index in [1.165, 1.54) is 0 Å². The van der Waals surface area contributed by atoms with Gasteiger partial charge in [-0.2, -0.15) is 0 Å². The van der Waals surface area contributed by atoms with Gasteiger partial charge in [0.15, 0.2) is 0 Å². The van der Waals surface area contributed by atoms with Gasteiger partial charge in [0.2, 0.25) is 5.91 Å². The van der Waals surface area contributed by atoms with E-state index in [9.17, 15) is 9.59 Å². The van der Waals surface area contributed by atoms with Crippen molar-refractivity contribution < 1.29 is 9.59 Å². The zero-order chi connectivity index (χ0) is 16.2. The first-order valence-electron chi connectivity index (χ1n) is 7.61. The third-order valence-corrected chi connectivity index (χ3v) is 3.74. The summed E-state index contributed by atoms with van der Waals surface area (Å²) >= 11 is 0. The number of carbonyl (C=O) groups excluding carboxylic acids is 2. The number of amides is 3. The third-order valence-electron chi connectivity index (χ3n) is 3.74. The highest BCUT2D eigenvalue weighted by Crippen LogP contribution is 2.25. The second kappa shape index (κ2) is 7.11. The number of carbonyl (C=O) groups is 2. The second-order valence-electron chi connectivity index (χ2n) is 7.19. The zero-order valence-corrected chi connectivity index (χ0v) is 14.1.